The summed E-state index contributed by atoms with van der Waals surface area (Å²) in [5.74, 6) is 1.09. The van der Waals surface area contributed by atoms with Gasteiger partial charge in [0.05, 0.1) is 0 Å². The molecule has 0 saturated heterocycles. The number of carbonyl (C=O) groups is 1. The van der Waals surface area contributed by atoms with Crippen molar-refractivity contribution in [3.63, 3.8) is 0 Å². The van der Waals surface area contributed by atoms with Crippen LogP contribution in [0.15, 0.2) is 23.3 Å². The van der Waals surface area contributed by atoms with Crippen molar-refractivity contribution in [2.75, 3.05) is 0 Å². The summed E-state index contributed by atoms with van der Waals surface area (Å²) in [6.07, 6.45) is 11.0. The molecule has 104 valence electrons. The van der Waals surface area contributed by atoms with E-state index in [1.54, 1.807) is 0 Å². The zero-order chi connectivity index (χ0) is 14.0. The average molecular weight is 250 g/mol. The SMILES string of the molecule is CC/C(C)=C\CCC(C)=CCC(C)C(C)CC=O. The first-order chi connectivity index (χ1) is 8.51. The van der Waals surface area contributed by atoms with Crippen molar-refractivity contribution in [3.8, 4) is 0 Å². The highest BCUT2D eigenvalue weighted by atomic mass is 16.1. The molecule has 1 nitrogen and oxygen atoms in total. The fraction of sp³-hybridized carbons (Fsp3) is 0.706. The van der Waals surface area contributed by atoms with Crippen LogP contribution in [0.1, 0.15) is 66.7 Å². The van der Waals surface area contributed by atoms with E-state index in [-0.39, 0.29) is 0 Å². The van der Waals surface area contributed by atoms with Crippen molar-refractivity contribution in [1.29, 1.82) is 0 Å². The van der Waals surface area contributed by atoms with Gasteiger partial charge in [-0.05, 0) is 51.4 Å². The van der Waals surface area contributed by atoms with Gasteiger partial charge in [-0.3, -0.25) is 0 Å². The topological polar surface area (TPSA) is 17.1 Å². The summed E-state index contributed by atoms with van der Waals surface area (Å²) in [7, 11) is 0. The molecule has 0 rings (SSSR count). The predicted octanol–water partition coefficient (Wildman–Crippen LogP) is 5.32. The molecule has 0 aliphatic rings. The molecular formula is C17H30O. The fourth-order valence-electron chi connectivity index (χ4n) is 1.80. The van der Waals surface area contributed by atoms with Crippen LogP contribution in [0.4, 0.5) is 0 Å². The molecule has 18 heavy (non-hydrogen) atoms. The molecule has 0 fully saturated rings. The van der Waals surface area contributed by atoms with E-state index in [1.807, 2.05) is 0 Å². The Hall–Kier alpha value is -0.850. The van der Waals surface area contributed by atoms with Crippen LogP contribution in [-0.2, 0) is 4.79 Å². The van der Waals surface area contributed by atoms with E-state index >= 15 is 0 Å². The predicted molar refractivity (Wildman–Crippen MR) is 80.7 cm³/mol. The maximum absolute atomic E-state index is 10.5. The molecule has 1 heteroatoms. The zero-order valence-corrected chi connectivity index (χ0v) is 12.8. The molecule has 0 aliphatic carbocycles. The first-order valence-corrected chi connectivity index (χ1v) is 7.26. The molecule has 0 spiro atoms. The molecule has 0 bridgehead atoms. The van der Waals surface area contributed by atoms with Gasteiger partial charge in [0.15, 0.2) is 0 Å². The van der Waals surface area contributed by atoms with Gasteiger partial charge < -0.3 is 4.79 Å². The molecule has 0 saturated carbocycles. The highest BCUT2D eigenvalue weighted by Gasteiger charge is 2.09. The number of allylic oxidation sites excluding steroid dienone is 4. The second kappa shape index (κ2) is 10.1. The first-order valence-electron chi connectivity index (χ1n) is 7.26. The summed E-state index contributed by atoms with van der Waals surface area (Å²) in [6, 6.07) is 0. The van der Waals surface area contributed by atoms with Gasteiger partial charge in [-0.25, -0.2) is 0 Å². The lowest BCUT2D eigenvalue weighted by molar-refractivity contribution is -0.108. The van der Waals surface area contributed by atoms with Crippen LogP contribution in [0.5, 0.6) is 0 Å². The lowest BCUT2D eigenvalue weighted by atomic mass is 9.90. The number of hydrogen-bond donors (Lipinski definition) is 0. The summed E-state index contributed by atoms with van der Waals surface area (Å²) in [4.78, 5) is 10.5. The standard InChI is InChI=1S/C17H30O/c1-6-14(2)8-7-9-15(3)10-11-16(4)17(5)12-13-18/h8,10,13,16-17H,6-7,9,11-12H2,1-5H3/b14-8-,15-10?. The van der Waals surface area contributed by atoms with Gasteiger partial charge in [0.2, 0.25) is 0 Å². The Morgan fingerprint density at radius 3 is 2.17 bits per heavy atom. The van der Waals surface area contributed by atoms with Gasteiger partial charge in [0.1, 0.15) is 6.29 Å². The molecule has 0 aliphatic heterocycles. The third-order valence-electron chi connectivity index (χ3n) is 3.87. The highest BCUT2D eigenvalue weighted by molar-refractivity contribution is 5.49. The van der Waals surface area contributed by atoms with E-state index in [1.165, 1.54) is 11.1 Å². The Balaban J connectivity index is 4.00. The molecule has 0 aromatic rings. The molecule has 0 heterocycles. The van der Waals surface area contributed by atoms with E-state index in [2.05, 4.69) is 46.8 Å². The van der Waals surface area contributed by atoms with E-state index in [0.29, 0.717) is 18.3 Å². The Labute approximate surface area is 113 Å². The Morgan fingerprint density at radius 1 is 1.00 bits per heavy atom. The second-order valence-corrected chi connectivity index (χ2v) is 5.59. The van der Waals surface area contributed by atoms with Gasteiger partial charge in [0.25, 0.3) is 0 Å². The molecule has 0 N–H and O–H groups in total. The first kappa shape index (κ1) is 17.2. The fourth-order valence-corrected chi connectivity index (χ4v) is 1.80. The molecule has 2 unspecified atom stereocenters. The average Bonchev–Trinajstić information content (AvgIpc) is 2.35. The van der Waals surface area contributed by atoms with Gasteiger partial charge in [-0.2, -0.15) is 0 Å². The highest BCUT2D eigenvalue weighted by Crippen LogP contribution is 2.19. The van der Waals surface area contributed by atoms with Crippen molar-refractivity contribution in [3.05, 3.63) is 23.3 Å². The van der Waals surface area contributed by atoms with E-state index in [0.717, 1.165) is 32.0 Å². The van der Waals surface area contributed by atoms with Crippen LogP contribution >= 0.6 is 0 Å². The maximum Gasteiger partial charge on any atom is 0.120 e. The van der Waals surface area contributed by atoms with E-state index in [9.17, 15) is 4.79 Å². The van der Waals surface area contributed by atoms with Gasteiger partial charge in [-0.1, -0.05) is 44.1 Å². The second-order valence-electron chi connectivity index (χ2n) is 5.59. The van der Waals surface area contributed by atoms with Crippen molar-refractivity contribution in [2.24, 2.45) is 11.8 Å². The van der Waals surface area contributed by atoms with Gasteiger partial charge in [0, 0.05) is 6.42 Å². The van der Waals surface area contributed by atoms with Crippen LogP contribution in [0.2, 0.25) is 0 Å². The number of carbonyl (C=O) groups excluding carboxylic acids is 1. The molecule has 0 aromatic carbocycles. The number of hydrogen-bond acceptors (Lipinski definition) is 1. The van der Waals surface area contributed by atoms with Crippen molar-refractivity contribution in [1.82, 2.24) is 0 Å². The van der Waals surface area contributed by atoms with Crippen LogP contribution in [0, 0.1) is 11.8 Å². The van der Waals surface area contributed by atoms with Gasteiger partial charge in [-0.15, -0.1) is 0 Å². The van der Waals surface area contributed by atoms with E-state index < -0.39 is 0 Å². The Kier molecular flexibility index (Phi) is 9.63. The number of rotatable bonds is 9. The lowest BCUT2D eigenvalue weighted by Gasteiger charge is -2.15. The normalized spacial score (nSPS) is 16.5. The third-order valence-corrected chi connectivity index (χ3v) is 3.87. The minimum Gasteiger partial charge on any atom is -0.303 e. The van der Waals surface area contributed by atoms with Crippen LogP contribution in [0.25, 0.3) is 0 Å². The van der Waals surface area contributed by atoms with Crippen LogP contribution < -0.4 is 0 Å². The van der Waals surface area contributed by atoms with Crippen molar-refractivity contribution in [2.45, 2.75) is 66.7 Å². The zero-order valence-electron chi connectivity index (χ0n) is 12.8. The van der Waals surface area contributed by atoms with Gasteiger partial charge >= 0.3 is 0 Å². The molecule has 0 amide bonds. The lowest BCUT2D eigenvalue weighted by Crippen LogP contribution is -2.07. The molecule has 2 atom stereocenters. The van der Waals surface area contributed by atoms with E-state index in [4.69, 9.17) is 0 Å². The molecule has 0 radical (unpaired) electrons. The van der Waals surface area contributed by atoms with Crippen LogP contribution in [0.3, 0.4) is 0 Å². The summed E-state index contributed by atoms with van der Waals surface area (Å²) in [5.41, 5.74) is 2.95. The number of aldehydes is 1. The molecular weight excluding hydrogens is 220 g/mol. The summed E-state index contributed by atoms with van der Waals surface area (Å²) in [6.45, 7) is 11.0. The van der Waals surface area contributed by atoms with Crippen molar-refractivity contribution >= 4 is 6.29 Å². The Morgan fingerprint density at radius 2 is 1.61 bits per heavy atom. The monoisotopic (exact) mass is 250 g/mol. The maximum atomic E-state index is 10.5. The smallest absolute Gasteiger partial charge is 0.120 e. The largest absolute Gasteiger partial charge is 0.303 e. The minimum absolute atomic E-state index is 0.494. The quantitative estimate of drug-likeness (QED) is 0.400. The summed E-state index contributed by atoms with van der Waals surface area (Å²) in [5, 5.41) is 0. The summed E-state index contributed by atoms with van der Waals surface area (Å²) >= 11 is 0. The van der Waals surface area contributed by atoms with Crippen LogP contribution in [-0.4, -0.2) is 6.29 Å². The Bertz CT molecular complexity index is 286. The third kappa shape index (κ3) is 8.27. The minimum atomic E-state index is 0.494. The molecule has 0 aromatic heterocycles. The van der Waals surface area contributed by atoms with Crippen molar-refractivity contribution < 1.29 is 4.79 Å². The summed E-state index contributed by atoms with van der Waals surface area (Å²) < 4.78 is 0.